The summed E-state index contributed by atoms with van der Waals surface area (Å²) in [7, 11) is 0. The average Bonchev–Trinajstić information content (AvgIpc) is 2.44. The fraction of sp³-hybridized carbons (Fsp3) is 0.533. The summed E-state index contributed by atoms with van der Waals surface area (Å²) in [6, 6.07) is 5.41. The molecule has 1 fully saturated rings. The van der Waals surface area contributed by atoms with Gasteiger partial charge in [-0.2, -0.15) is 0 Å². The van der Waals surface area contributed by atoms with Crippen LogP contribution >= 0.6 is 23.2 Å². The number of piperidine rings is 1. The second kappa shape index (κ2) is 7.30. The molecule has 3 nitrogen and oxygen atoms in total. The zero-order valence-corrected chi connectivity index (χ0v) is 13.1. The predicted molar refractivity (Wildman–Crippen MR) is 80.3 cm³/mol. The minimum absolute atomic E-state index is 0.101. The third kappa shape index (κ3) is 3.66. The van der Waals surface area contributed by atoms with Crippen molar-refractivity contribution >= 4 is 29.2 Å². The van der Waals surface area contributed by atoms with Crippen molar-refractivity contribution in [1.82, 2.24) is 0 Å². The number of hydrogen-bond donors (Lipinski definition) is 1. The molecule has 1 saturated heterocycles. The molecule has 2 atom stereocenters. The minimum atomic E-state index is -0.106. The Morgan fingerprint density at radius 3 is 2.70 bits per heavy atom. The fourth-order valence-electron chi connectivity index (χ4n) is 2.75. The summed E-state index contributed by atoms with van der Waals surface area (Å²) in [6.45, 7) is 3.88. The molecule has 0 bridgehead atoms. The second-order valence-corrected chi connectivity index (χ2v) is 5.90. The Labute approximate surface area is 129 Å². The van der Waals surface area contributed by atoms with Crippen LogP contribution in [0.15, 0.2) is 18.2 Å². The maximum absolute atomic E-state index is 12.1. The Balaban J connectivity index is 2.14. The highest BCUT2D eigenvalue weighted by atomic mass is 35.5. The van der Waals surface area contributed by atoms with Crippen LogP contribution in [0.2, 0.25) is 10.0 Å². The summed E-state index contributed by atoms with van der Waals surface area (Å²) < 4.78 is 5.18. The minimum Gasteiger partial charge on any atom is -0.462 e. The maximum Gasteiger partial charge on any atom is 0.364 e. The van der Waals surface area contributed by atoms with Crippen molar-refractivity contribution in [1.29, 1.82) is 0 Å². The van der Waals surface area contributed by atoms with E-state index in [2.05, 4.69) is 0 Å². The van der Waals surface area contributed by atoms with E-state index in [0.29, 0.717) is 23.2 Å². The zero-order chi connectivity index (χ0) is 14.5. The Kier molecular flexibility index (Phi) is 5.70. The number of hydrogen-bond acceptors (Lipinski definition) is 2. The van der Waals surface area contributed by atoms with E-state index in [1.165, 1.54) is 4.90 Å². The van der Waals surface area contributed by atoms with E-state index in [-0.39, 0.29) is 12.0 Å². The van der Waals surface area contributed by atoms with Gasteiger partial charge in [-0.05, 0) is 31.9 Å². The first-order valence-corrected chi connectivity index (χ1v) is 7.83. The van der Waals surface area contributed by atoms with Crippen LogP contribution in [0.1, 0.15) is 31.7 Å². The van der Waals surface area contributed by atoms with Crippen LogP contribution in [0, 0.1) is 0 Å². The molecule has 0 spiro atoms. The van der Waals surface area contributed by atoms with Gasteiger partial charge in [-0.1, -0.05) is 29.3 Å². The van der Waals surface area contributed by atoms with Gasteiger partial charge in [-0.3, -0.25) is 0 Å². The molecule has 20 heavy (non-hydrogen) atoms. The molecule has 1 unspecified atom stereocenters. The van der Waals surface area contributed by atoms with Gasteiger partial charge in [0.05, 0.1) is 23.2 Å². The fourth-order valence-corrected chi connectivity index (χ4v) is 3.28. The normalized spacial score (nSPS) is 22.6. The van der Waals surface area contributed by atoms with Crippen molar-refractivity contribution in [2.45, 2.75) is 38.8 Å². The number of benzene rings is 1. The Morgan fingerprint density at radius 2 is 2.05 bits per heavy atom. The van der Waals surface area contributed by atoms with Gasteiger partial charge >= 0.3 is 5.97 Å². The topological polar surface area (TPSA) is 30.7 Å². The van der Waals surface area contributed by atoms with Crippen molar-refractivity contribution in [3.05, 3.63) is 33.8 Å². The molecule has 2 rings (SSSR count). The van der Waals surface area contributed by atoms with Crippen LogP contribution in [-0.4, -0.2) is 25.2 Å². The standard InChI is InChI=1S/C15H19Cl2NO2/c1-2-20-15(19)14-8-3-4-9-18(14)10-11-12(16)6-5-7-13(11)17/h5-7,14H,2-4,8-10H2,1H3/p+1/t14-/m1/s1. The average molecular weight is 317 g/mol. The highest BCUT2D eigenvalue weighted by Gasteiger charge is 2.34. The molecular weight excluding hydrogens is 297 g/mol. The summed E-state index contributed by atoms with van der Waals surface area (Å²) >= 11 is 12.4. The molecule has 1 heterocycles. The molecule has 0 radical (unpaired) electrons. The van der Waals surface area contributed by atoms with E-state index < -0.39 is 0 Å². The molecule has 1 aromatic rings. The first-order chi connectivity index (χ1) is 9.63. The molecule has 5 heteroatoms. The Hall–Kier alpha value is -0.770. The summed E-state index contributed by atoms with van der Waals surface area (Å²) in [5, 5.41) is 1.33. The number of rotatable bonds is 4. The van der Waals surface area contributed by atoms with Crippen LogP contribution in [-0.2, 0) is 16.1 Å². The lowest BCUT2D eigenvalue weighted by molar-refractivity contribution is -0.935. The molecule has 0 amide bonds. The number of carbonyl (C=O) groups excluding carboxylic acids is 1. The summed E-state index contributed by atoms with van der Waals surface area (Å²) in [6.07, 6.45) is 3.06. The van der Waals surface area contributed by atoms with Crippen molar-refractivity contribution in [2.75, 3.05) is 13.2 Å². The molecule has 0 saturated carbocycles. The smallest absolute Gasteiger partial charge is 0.364 e. The molecule has 1 aliphatic heterocycles. The van der Waals surface area contributed by atoms with Gasteiger partial charge in [0.1, 0.15) is 6.54 Å². The van der Waals surface area contributed by atoms with Crippen molar-refractivity contribution in [2.24, 2.45) is 0 Å². The Morgan fingerprint density at radius 1 is 1.35 bits per heavy atom. The molecule has 1 N–H and O–H groups in total. The second-order valence-electron chi connectivity index (χ2n) is 5.09. The SMILES string of the molecule is CCOC(=O)[C@H]1CCCC[NH+]1Cc1c(Cl)cccc1Cl. The van der Waals surface area contributed by atoms with Crippen LogP contribution in [0.3, 0.4) is 0 Å². The monoisotopic (exact) mass is 316 g/mol. The van der Waals surface area contributed by atoms with Gasteiger partial charge in [0.15, 0.2) is 6.04 Å². The number of carbonyl (C=O) groups is 1. The lowest BCUT2D eigenvalue weighted by Gasteiger charge is -2.31. The first kappa shape index (κ1) is 15.6. The van der Waals surface area contributed by atoms with Crippen molar-refractivity contribution < 1.29 is 14.4 Å². The van der Waals surface area contributed by atoms with Crippen LogP contribution in [0.4, 0.5) is 0 Å². The number of nitrogens with one attached hydrogen (secondary N) is 1. The van der Waals surface area contributed by atoms with Crippen molar-refractivity contribution in [3.63, 3.8) is 0 Å². The third-order valence-electron chi connectivity index (χ3n) is 3.77. The first-order valence-electron chi connectivity index (χ1n) is 7.07. The van der Waals surface area contributed by atoms with Crippen molar-refractivity contribution in [3.8, 4) is 0 Å². The highest BCUT2D eigenvalue weighted by Crippen LogP contribution is 2.23. The molecular formula is C15H20Cl2NO2+. The quantitative estimate of drug-likeness (QED) is 0.865. The lowest BCUT2D eigenvalue weighted by Crippen LogP contribution is -3.16. The summed E-state index contributed by atoms with van der Waals surface area (Å²) in [5.41, 5.74) is 0.919. The molecule has 110 valence electrons. The van der Waals surface area contributed by atoms with E-state index in [1.807, 2.05) is 25.1 Å². The van der Waals surface area contributed by atoms with Gasteiger partial charge in [0.2, 0.25) is 0 Å². The molecule has 1 aliphatic rings. The number of likely N-dealkylation sites (tertiary alicyclic amines) is 1. The Bertz CT molecular complexity index is 459. The van der Waals surface area contributed by atoms with Crippen LogP contribution < -0.4 is 4.90 Å². The zero-order valence-electron chi connectivity index (χ0n) is 11.6. The van der Waals surface area contributed by atoms with E-state index in [4.69, 9.17) is 27.9 Å². The van der Waals surface area contributed by atoms with Gasteiger partial charge in [0.25, 0.3) is 0 Å². The van der Waals surface area contributed by atoms with Crippen LogP contribution in [0.25, 0.3) is 0 Å². The summed E-state index contributed by atoms with van der Waals surface area (Å²) in [4.78, 5) is 13.3. The number of esters is 1. The number of ether oxygens (including phenoxy) is 1. The lowest BCUT2D eigenvalue weighted by atomic mass is 10.0. The third-order valence-corrected chi connectivity index (χ3v) is 4.48. The van der Waals surface area contributed by atoms with E-state index in [0.717, 1.165) is 31.4 Å². The highest BCUT2D eigenvalue weighted by molar-refractivity contribution is 6.35. The van der Waals surface area contributed by atoms with Gasteiger partial charge in [-0.25, -0.2) is 4.79 Å². The largest absolute Gasteiger partial charge is 0.462 e. The molecule has 0 aromatic heterocycles. The van der Waals surface area contributed by atoms with Gasteiger partial charge < -0.3 is 9.64 Å². The predicted octanol–water partition coefficient (Wildman–Crippen LogP) is 2.49. The van der Waals surface area contributed by atoms with Gasteiger partial charge in [-0.15, -0.1) is 0 Å². The molecule has 0 aliphatic carbocycles. The van der Waals surface area contributed by atoms with E-state index in [1.54, 1.807) is 0 Å². The van der Waals surface area contributed by atoms with Crippen LogP contribution in [0.5, 0.6) is 0 Å². The number of quaternary nitrogens is 1. The number of halogens is 2. The van der Waals surface area contributed by atoms with E-state index in [9.17, 15) is 4.79 Å². The van der Waals surface area contributed by atoms with E-state index >= 15 is 0 Å². The summed E-state index contributed by atoms with van der Waals surface area (Å²) in [5.74, 6) is -0.106. The maximum atomic E-state index is 12.1. The molecule has 1 aromatic carbocycles. The van der Waals surface area contributed by atoms with Gasteiger partial charge in [0, 0.05) is 12.0 Å².